The second kappa shape index (κ2) is 4.04. The van der Waals surface area contributed by atoms with E-state index >= 15 is 0 Å². The summed E-state index contributed by atoms with van der Waals surface area (Å²) in [5, 5.41) is 10.8. The van der Waals surface area contributed by atoms with E-state index in [1.165, 1.54) is 6.07 Å². The Labute approximate surface area is 109 Å². The first-order valence-corrected chi connectivity index (χ1v) is 6.82. The number of nitrogens with zero attached hydrogens (tertiary/aromatic N) is 1. The molecule has 2 aliphatic heterocycles. The number of hydrogen-bond donors (Lipinski definition) is 1. The van der Waals surface area contributed by atoms with Crippen LogP contribution in [0, 0.1) is 5.82 Å². The van der Waals surface area contributed by atoms with Crippen LogP contribution in [0.2, 0.25) is 0 Å². The third-order valence-electron chi connectivity index (χ3n) is 4.09. The minimum Gasteiger partial charge on any atom is -0.383 e. The van der Waals surface area contributed by atoms with Gasteiger partial charge < -0.3 is 5.11 Å². The van der Waals surface area contributed by atoms with E-state index in [1.54, 1.807) is 12.1 Å². The number of rotatable bonds is 1. The summed E-state index contributed by atoms with van der Waals surface area (Å²) in [4.78, 5) is 2.28. The van der Waals surface area contributed by atoms with Crippen LogP contribution in [0.1, 0.15) is 24.8 Å². The van der Waals surface area contributed by atoms with Gasteiger partial charge in [-0.15, -0.1) is 0 Å². The first kappa shape index (κ1) is 11.6. The van der Waals surface area contributed by atoms with E-state index in [9.17, 15) is 9.50 Å². The summed E-state index contributed by atoms with van der Waals surface area (Å²) in [6.45, 7) is 1.90. The van der Waals surface area contributed by atoms with Crippen molar-refractivity contribution >= 4 is 15.9 Å². The lowest BCUT2D eigenvalue weighted by Gasteiger charge is -2.30. The summed E-state index contributed by atoms with van der Waals surface area (Å²) in [6, 6.07) is 4.90. The van der Waals surface area contributed by atoms with E-state index in [4.69, 9.17) is 0 Å². The number of benzene rings is 1. The fourth-order valence-electron chi connectivity index (χ4n) is 3.26. The Kier molecular flexibility index (Phi) is 2.76. The first-order chi connectivity index (χ1) is 8.11. The molecule has 0 aromatic heterocycles. The number of halogens is 2. The Morgan fingerprint density at radius 1 is 1.41 bits per heavy atom. The molecule has 0 amide bonds. The molecule has 0 spiro atoms. The molecule has 2 aliphatic rings. The van der Waals surface area contributed by atoms with Crippen molar-refractivity contribution in [3.63, 3.8) is 0 Å². The Morgan fingerprint density at radius 3 is 3.06 bits per heavy atom. The summed E-state index contributed by atoms with van der Waals surface area (Å²) in [5.41, 5.74) is -0.564. The van der Waals surface area contributed by atoms with Crippen molar-refractivity contribution in [1.29, 1.82) is 0 Å². The van der Waals surface area contributed by atoms with Gasteiger partial charge in [0.1, 0.15) is 11.4 Å². The average molecular weight is 300 g/mol. The van der Waals surface area contributed by atoms with Crippen LogP contribution in [0.5, 0.6) is 0 Å². The van der Waals surface area contributed by atoms with Gasteiger partial charge in [-0.1, -0.05) is 15.9 Å². The minimum atomic E-state index is -1.01. The predicted molar refractivity (Wildman–Crippen MR) is 67.2 cm³/mol. The lowest BCUT2D eigenvalue weighted by molar-refractivity contribution is 0.00617. The molecule has 2 heterocycles. The predicted octanol–water partition coefficient (Wildman–Crippen LogP) is 2.64. The van der Waals surface area contributed by atoms with Crippen LogP contribution in [0.15, 0.2) is 22.7 Å². The van der Waals surface area contributed by atoms with Crippen molar-refractivity contribution in [3.8, 4) is 0 Å². The van der Waals surface area contributed by atoms with E-state index in [-0.39, 0.29) is 11.9 Å². The fraction of sp³-hybridized carbons (Fsp3) is 0.538. The molecule has 1 N–H and O–H groups in total. The van der Waals surface area contributed by atoms with Crippen molar-refractivity contribution in [2.75, 3.05) is 13.1 Å². The van der Waals surface area contributed by atoms with Gasteiger partial charge in [-0.25, -0.2) is 4.39 Å². The molecule has 3 rings (SSSR count). The SMILES string of the molecule is OC1(c2cc(Br)ccc2F)CCN2CCCC21. The monoisotopic (exact) mass is 299 g/mol. The maximum Gasteiger partial charge on any atom is 0.129 e. The highest BCUT2D eigenvalue weighted by atomic mass is 79.9. The molecule has 0 bridgehead atoms. The zero-order chi connectivity index (χ0) is 12.0. The van der Waals surface area contributed by atoms with Gasteiger partial charge in [0, 0.05) is 22.6 Å². The molecule has 1 aromatic carbocycles. The van der Waals surface area contributed by atoms with Crippen molar-refractivity contribution in [2.45, 2.75) is 30.9 Å². The highest BCUT2D eigenvalue weighted by Gasteiger charge is 2.50. The van der Waals surface area contributed by atoms with Crippen LogP contribution in [0.4, 0.5) is 4.39 Å². The summed E-state index contributed by atoms with van der Waals surface area (Å²) >= 11 is 3.35. The molecular formula is C13H15BrFNO. The largest absolute Gasteiger partial charge is 0.383 e. The summed E-state index contributed by atoms with van der Waals surface area (Å²) in [7, 11) is 0. The highest BCUT2D eigenvalue weighted by Crippen LogP contribution is 2.44. The Bertz CT molecular complexity index is 453. The van der Waals surface area contributed by atoms with E-state index in [0.717, 1.165) is 30.4 Å². The minimum absolute atomic E-state index is 0.0892. The van der Waals surface area contributed by atoms with Crippen LogP contribution in [-0.2, 0) is 5.60 Å². The molecule has 2 nitrogen and oxygen atoms in total. The number of aliphatic hydroxyl groups is 1. The average Bonchev–Trinajstić information content (AvgIpc) is 2.87. The van der Waals surface area contributed by atoms with E-state index in [2.05, 4.69) is 20.8 Å². The topological polar surface area (TPSA) is 23.5 Å². The van der Waals surface area contributed by atoms with Gasteiger partial charge in [-0.3, -0.25) is 4.90 Å². The molecule has 92 valence electrons. The van der Waals surface area contributed by atoms with Gasteiger partial charge in [0.05, 0.1) is 0 Å². The van der Waals surface area contributed by atoms with Gasteiger partial charge in [0.15, 0.2) is 0 Å². The molecule has 17 heavy (non-hydrogen) atoms. The highest BCUT2D eigenvalue weighted by molar-refractivity contribution is 9.10. The molecule has 1 aromatic rings. The van der Waals surface area contributed by atoms with E-state index < -0.39 is 5.60 Å². The molecule has 2 atom stereocenters. The molecule has 4 heteroatoms. The van der Waals surface area contributed by atoms with Gasteiger partial charge in [0.25, 0.3) is 0 Å². The standard InChI is InChI=1S/C13H15BrFNO/c14-9-3-4-11(15)10(8-9)13(17)5-7-16-6-1-2-12(13)16/h3-4,8,12,17H,1-2,5-7H2. The summed E-state index contributed by atoms with van der Waals surface area (Å²) in [6.07, 6.45) is 2.69. The fourth-order valence-corrected chi connectivity index (χ4v) is 3.62. The summed E-state index contributed by atoms with van der Waals surface area (Å²) < 4.78 is 14.7. The summed E-state index contributed by atoms with van der Waals surface area (Å²) in [5.74, 6) is -0.301. The second-order valence-corrected chi connectivity index (χ2v) is 5.91. The normalized spacial score (nSPS) is 33.0. The van der Waals surface area contributed by atoms with Crippen LogP contribution < -0.4 is 0 Å². The molecule has 2 fully saturated rings. The van der Waals surface area contributed by atoms with Crippen LogP contribution in [0.25, 0.3) is 0 Å². The molecule has 0 radical (unpaired) electrons. The molecule has 2 unspecified atom stereocenters. The van der Waals surface area contributed by atoms with Gasteiger partial charge in [-0.2, -0.15) is 0 Å². The van der Waals surface area contributed by atoms with Gasteiger partial charge in [0.2, 0.25) is 0 Å². The lowest BCUT2D eigenvalue weighted by atomic mass is 9.85. The molecule has 0 aliphatic carbocycles. The van der Waals surface area contributed by atoms with Gasteiger partial charge >= 0.3 is 0 Å². The van der Waals surface area contributed by atoms with E-state index in [0.29, 0.717) is 12.0 Å². The van der Waals surface area contributed by atoms with Crippen LogP contribution in [-0.4, -0.2) is 29.1 Å². The smallest absolute Gasteiger partial charge is 0.129 e. The Balaban J connectivity index is 2.05. The first-order valence-electron chi connectivity index (χ1n) is 6.03. The zero-order valence-corrected chi connectivity index (χ0v) is 11.1. The van der Waals surface area contributed by atoms with Crippen molar-refractivity contribution in [1.82, 2.24) is 4.90 Å². The number of fused-ring (bicyclic) bond motifs is 1. The maximum absolute atomic E-state index is 13.9. The Hall–Kier alpha value is -0.450. The van der Waals surface area contributed by atoms with Crippen molar-refractivity contribution in [2.24, 2.45) is 0 Å². The third-order valence-corrected chi connectivity index (χ3v) is 4.58. The van der Waals surface area contributed by atoms with Crippen LogP contribution in [0.3, 0.4) is 0 Å². The lowest BCUT2D eigenvalue weighted by Crippen LogP contribution is -2.39. The van der Waals surface area contributed by atoms with Crippen molar-refractivity contribution in [3.05, 3.63) is 34.1 Å². The second-order valence-electron chi connectivity index (χ2n) is 4.99. The van der Waals surface area contributed by atoms with Gasteiger partial charge in [-0.05, 0) is 44.0 Å². The maximum atomic E-state index is 13.9. The number of hydrogen-bond acceptors (Lipinski definition) is 2. The molecular weight excluding hydrogens is 285 g/mol. The quantitative estimate of drug-likeness (QED) is 0.862. The van der Waals surface area contributed by atoms with Crippen molar-refractivity contribution < 1.29 is 9.50 Å². The molecule has 0 saturated carbocycles. The Morgan fingerprint density at radius 2 is 2.24 bits per heavy atom. The third kappa shape index (κ3) is 1.74. The van der Waals surface area contributed by atoms with Crippen LogP contribution >= 0.6 is 15.9 Å². The molecule has 2 saturated heterocycles. The zero-order valence-electron chi connectivity index (χ0n) is 9.50. The van der Waals surface area contributed by atoms with E-state index in [1.807, 2.05) is 0 Å².